The van der Waals surface area contributed by atoms with Crippen molar-refractivity contribution in [1.29, 1.82) is 0 Å². The molecule has 27 heavy (non-hydrogen) atoms. The fourth-order valence-corrected chi connectivity index (χ4v) is 4.23. The number of likely N-dealkylation sites (N-methyl/N-ethyl adjacent to an activating group) is 1. The van der Waals surface area contributed by atoms with Crippen molar-refractivity contribution in [2.75, 3.05) is 44.6 Å². The molecule has 1 aliphatic rings. The number of hydrogen-bond acceptors (Lipinski definition) is 4. The molecule has 0 unspecified atom stereocenters. The first-order chi connectivity index (χ1) is 12.8. The van der Waals surface area contributed by atoms with Gasteiger partial charge in [-0.3, -0.25) is 9.10 Å². The Kier molecular flexibility index (Phi) is 5.74. The maximum atomic E-state index is 12.7. The first-order valence-electron chi connectivity index (χ1n) is 8.61. The van der Waals surface area contributed by atoms with Gasteiger partial charge in [0.2, 0.25) is 0 Å². The molecule has 3 rings (SSSR count). The number of nitrogens with zero attached hydrogens (tertiary/aromatic N) is 3. The Bertz CT molecular complexity index is 906. The van der Waals surface area contributed by atoms with E-state index in [0.717, 1.165) is 13.1 Å². The number of piperazine rings is 1. The summed E-state index contributed by atoms with van der Waals surface area (Å²) >= 11 is 5.83. The Balaban J connectivity index is 1.76. The number of halogens is 1. The summed E-state index contributed by atoms with van der Waals surface area (Å²) in [5, 5.41) is 0.475. The van der Waals surface area contributed by atoms with Gasteiger partial charge in [0.25, 0.3) is 15.9 Å². The van der Waals surface area contributed by atoms with E-state index in [1.54, 1.807) is 36.4 Å². The molecule has 1 fully saturated rings. The zero-order valence-electron chi connectivity index (χ0n) is 15.3. The lowest BCUT2D eigenvalue weighted by molar-refractivity contribution is 0.0664. The van der Waals surface area contributed by atoms with Gasteiger partial charge >= 0.3 is 0 Å². The molecular formula is C19H22ClN3O3S. The fourth-order valence-electron chi connectivity index (χ4n) is 2.91. The van der Waals surface area contributed by atoms with Crippen LogP contribution in [0, 0.1) is 0 Å². The standard InChI is InChI=1S/C19H22ClN3O3S/c1-21-11-13-23(14-12-21)19(24)15-3-7-17(8-4-15)22(2)27(25,26)18-9-5-16(20)6-10-18/h3-10H,11-14H2,1-2H3. The van der Waals surface area contributed by atoms with Crippen LogP contribution in [0.1, 0.15) is 10.4 Å². The highest BCUT2D eigenvalue weighted by Gasteiger charge is 2.23. The summed E-state index contributed by atoms with van der Waals surface area (Å²) in [5.74, 6) is -0.0298. The molecule has 0 radical (unpaired) electrons. The molecule has 0 aliphatic carbocycles. The first kappa shape index (κ1) is 19.7. The van der Waals surface area contributed by atoms with Gasteiger partial charge in [-0.15, -0.1) is 0 Å². The van der Waals surface area contributed by atoms with E-state index < -0.39 is 10.0 Å². The molecule has 2 aromatic carbocycles. The lowest BCUT2D eigenvalue weighted by Gasteiger charge is -2.32. The first-order valence-corrected chi connectivity index (χ1v) is 10.4. The summed E-state index contributed by atoms with van der Waals surface area (Å²) in [6, 6.07) is 12.7. The van der Waals surface area contributed by atoms with Crippen LogP contribution in [0.4, 0.5) is 5.69 Å². The molecule has 0 bridgehead atoms. The Morgan fingerprint density at radius 1 is 0.963 bits per heavy atom. The second kappa shape index (κ2) is 7.88. The van der Waals surface area contributed by atoms with Crippen molar-refractivity contribution >= 4 is 33.2 Å². The number of sulfonamides is 1. The smallest absolute Gasteiger partial charge is 0.264 e. The summed E-state index contributed by atoms with van der Waals surface area (Å²) in [5.41, 5.74) is 1.04. The molecule has 0 atom stereocenters. The van der Waals surface area contributed by atoms with Crippen LogP contribution in [0.5, 0.6) is 0 Å². The van der Waals surface area contributed by atoms with Crippen LogP contribution >= 0.6 is 11.6 Å². The molecule has 1 amide bonds. The highest BCUT2D eigenvalue weighted by atomic mass is 35.5. The van der Waals surface area contributed by atoms with Crippen LogP contribution in [0.3, 0.4) is 0 Å². The van der Waals surface area contributed by atoms with E-state index in [2.05, 4.69) is 4.90 Å². The van der Waals surface area contributed by atoms with Crippen LogP contribution in [-0.4, -0.2) is 64.4 Å². The van der Waals surface area contributed by atoms with Crippen molar-refractivity contribution in [2.24, 2.45) is 0 Å². The van der Waals surface area contributed by atoms with E-state index in [9.17, 15) is 13.2 Å². The second-order valence-corrected chi connectivity index (χ2v) is 8.97. The minimum Gasteiger partial charge on any atom is -0.336 e. The Morgan fingerprint density at radius 3 is 2.07 bits per heavy atom. The van der Waals surface area contributed by atoms with Gasteiger partial charge in [-0.25, -0.2) is 8.42 Å². The summed E-state index contributed by atoms with van der Waals surface area (Å²) in [7, 11) is -0.172. The molecular weight excluding hydrogens is 386 g/mol. The maximum Gasteiger partial charge on any atom is 0.264 e. The lowest BCUT2D eigenvalue weighted by Crippen LogP contribution is -2.47. The van der Waals surface area contributed by atoms with E-state index in [-0.39, 0.29) is 10.8 Å². The fraction of sp³-hybridized carbons (Fsp3) is 0.316. The average molecular weight is 408 g/mol. The van der Waals surface area contributed by atoms with Gasteiger partial charge in [-0.05, 0) is 55.6 Å². The molecule has 0 N–H and O–H groups in total. The van der Waals surface area contributed by atoms with Crippen LogP contribution < -0.4 is 4.31 Å². The number of rotatable bonds is 4. The number of carbonyl (C=O) groups is 1. The monoisotopic (exact) mass is 407 g/mol. The third-order valence-electron chi connectivity index (χ3n) is 4.74. The molecule has 1 heterocycles. The minimum atomic E-state index is -3.69. The summed E-state index contributed by atoms with van der Waals surface area (Å²) in [6.45, 7) is 3.10. The van der Waals surface area contributed by atoms with Crippen LogP contribution in [0.15, 0.2) is 53.4 Å². The molecule has 144 valence electrons. The number of amides is 1. The van der Waals surface area contributed by atoms with E-state index >= 15 is 0 Å². The van der Waals surface area contributed by atoms with Crippen molar-refractivity contribution in [1.82, 2.24) is 9.80 Å². The van der Waals surface area contributed by atoms with Gasteiger partial charge in [0.15, 0.2) is 0 Å². The molecule has 1 aliphatic heterocycles. The van der Waals surface area contributed by atoms with Crippen LogP contribution in [0.25, 0.3) is 0 Å². The van der Waals surface area contributed by atoms with E-state index in [1.807, 2.05) is 11.9 Å². The predicted molar refractivity (Wildman–Crippen MR) is 107 cm³/mol. The Hall–Kier alpha value is -2.09. The Labute approximate surface area is 165 Å². The van der Waals surface area contributed by atoms with E-state index in [4.69, 9.17) is 11.6 Å². The second-order valence-electron chi connectivity index (χ2n) is 6.57. The zero-order chi connectivity index (χ0) is 19.6. The molecule has 0 saturated carbocycles. The van der Waals surface area contributed by atoms with Crippen molar-refractivity contribution in [2.45, 2.75) is 4.90 Å². The van der Waals surface area contributed by atoms with Gasteiger partial charge in [0.1, 0.15) is 0 Å². The average Bonchev–Trinajstić information content (AvgIpc) is 2.68. The van der Waals surface area contributed by atoms with Gasteiger partial charge in [-0.1, -0.05) is 11.6 Å². The summed E-state index contributed by atoms with van der Waals surface area (Å²) in [4.78, 5) is 16.8. The number of hydrogen-bond donors (Lipinski definition) is 0. The van der Waals surface area contributed by atoms with Crippen LogP contribution in [-0.2, 0) is 10.0 Å². The van der Waals surface area contributed by atoms with Crippen molar-refractivity contribution in [3.05, 3.63) is 59.1 Å². The molecule has 8 heteroatoms. The maximum absolute atomic E-state index is 12.7. The number of anilines is 1. The van der Waals surface area contributed by atoms with Crippen molar-refractivity contribution in [3.8, 4) is 0 Å². The van der Waals surface area contributed by atoms with Gasteiger partial charge in [-0.2, -0.15) is 0 Å². The van der Waals surface area contributed by atoms with Crippen molar-refractivity contribution in [3.63, 3.8) is 0 Å². The number of carbonyl (C=O) groups excluding carboxylic acids is 1. The predicted octanol–water partition coefficient (Wildman–Crippen LogP) is 2.55. The SMILES string of the molecule is CN1CCN(C(=O)c2ccc(N(C)S(=O)(=O)c3ccc(Cl)cc3)cc2)CC1. The van der Waals surface area contributed by atoms with E-state index in [0.29, 0.717) is 29.4 Å². The molecule has 2 aromatic rings. The zero-order valence-corrected chi connectivity index (χ0v) is 16.9. The Morgan fingerprint density at radius 2 is 1.52 bits per heavy atom. The van der Waals surface area contributed by atoms with E-state index in [1.165, 1.54) is 23.5 Å². The summed E-state index contributed by atoms with van der Waals surface area (Å²) < 4.78 is 26.7. The lowest BCUT2D eigenvalue weighted by atomic mass is 10.1. The van der Waals surface area contributed by atoms with Gasteiger partial charge in [0.05, 0.1) is 10.6 Å². The minimum absolute atomic E-state index is 0.0298. The highest BCUT2D eigenvalue weighted by Crippen LogP contribution is 2.24. The molecule has 0 spiro atoms. The third-order valence-corrected chi connectivity index (χ3v) is 6.79. The quantitative estimate of drug-likeness (QED) is 0.781. The van der Waals surface area contributed by atoms with Crippen molar-refractivity contribution < 1.29 is 13.2 Å². The normalized spacial score (nSPS) is 15.6. The third kappa shape index (κ3) is 4.26. The molecule has 1 saturated heterocycles. The summed E-state index contributed by atoms with van der Waals surface area (Å²) in [6.07, 6.45) is 0. The highest BCUT2D eigenvalue weighted by molar-refractivity contribution is 7.92. The topological polar surface area (TPSA) is 60.9 Å². The van der Waals surface area contributed by atoms with Crippen LogP contribution in [0.2, 0.25) is 5.02 Å². The molecule has 0 aromatic heterocycles. The molecule has 6 nitrogen and oxygen atoms in total. The largest absolute Gasteiger partial charge is 0.336 e. The van der Waals surface area contributed by atoms with Gasteiger partial charge < -0.3 is 9.80 Å². The van der Waals surface area contributed by atoms with Gasteiger partial charge in [0, 0.05) is 43.8 Å². The number of benzene rings is 2.